The SMILES string of the molecule is CCCCCCCCCc1ccccc1NC(=O)S. The molecule has 1 aromatic carbocycles. The van der Waals surface area contributed by atoms with Crippen molar-refractivity contribution in [1.29, 1.82) is 0 Å². The molecule has 0 atom stereocenters. The van der Waals surface area contributed by atoms with Crippen LogP contribution in [0.15, 0.2) is 24.3 Å². The first-order valence-electron chi connectivity index (χ1n) is 7.32. The van der Waals surface area contributed by atoms with E-state index in [1.54, 1.807) is 0 Å². The molecule has 0 radical (unpaired) electrons. The van der Waals surface area contributed by atoms with Crippen molar-refractivity contribution in [2.45, 2.75) is 58.3 Å². The Kier molecular flexibility index (Phi) is 8.39. The minimum Gasteiger partial charge on any atom is -0.317 e. The maximum absolute atomic E-state index is 11.0. The molecule has 0 saturated carbocycles. The van der Waals surface area contributed by atoms with Gasteiger partial charge >= 0.3 is 0 Å². The normalized spacial score (nSPS) is 10.4. The lowest BCUT2D eigenvalue weighted by Crippen LogP contribution is -2.04. The van der Waals surface area contributed by atoms with E-state index in [9.17, 15) is 4.79 Å². The van der Waals surface area contributed by atoms with Gasteiger partial charge in [-0.2, -0.15) is 0 Å². The van der Waals surface area contributed by atoms with Crippen molar-refractivity contribution in [1.82, 2.24) is 0 Å². The Morgan fingerprint density at radius 1 is 1.05 bits per heavy atom. The zero-order chi connectivity index (χ0) is 13.9. The summed E-state index contributed by atoms with van der Waals surface area (Å²) in [6.45, 7) is 2.24. The van der Waals surface area contributed by atoms with Gasteiger partial charge in [0.2, 0.25) is 0 Å². The molecule has 106 valence electrons. The minimum absolute atomic E-state index is 0.299. The monoisotopic (exact) mass is 279 g/mol. The molecule has 0 spiro atoms. The first-order chi connectivity index (χ1) is 9.24. The summed E-state index contributed by atoms with van der Waals surface area (Å²) in [5, 5.41) is 2.47. The Bertz CT molecular complexity index is 379. The van der Waals surface area contributed by atoms with Crippen LogP contribution in [0.25, 0.3) is 0 Å². The summed E-state index contributed by atoms with van der Waals surface area (Å²) in [5.41, 5.74) is 2.10. The van der Waals surface area contributed by atoms with Gasteiger partial charge in [-0.15, -0.1) is 0 Å². The molecule has 0 heterocycles. The van der Waals surface area contributed by atoms with Crippen molar-refractivity contribution in [3.63, 3.8) is 0 Å². The van der Waals surface area contributed by atoms with E-state index in [2.05, 4.69) is 30.9 Å². The summed E-state index contributed by atoms with van der Waals surface area (Å²) in [4.78, 5) is 11.0. The average Bonchev–Trinajstić information content (AvgIpc) is 2.39. The van der Waals surface area contributed by atoms with Crippen molar-refractivity contribution in [3.8, 4) is 0 Å². The Hall–Kier alpha value is -0.960. The molecule has 1 amide bonds. The van der Waals surface area contributed by atoms with E-state index < -0.39 is 0 Å². The highest BCUT2D eigenvalue weighted by Crippen LogP contribution is 2.19. The van der Waals surface area contributed by atoms with Gasteiger partial charge in [0.15, 0.2) is 0 Å². The molecule has 1 N–H and O–H groups in total. The molecular weight excluding hydrogens is 254 g/mol. The molecule has 3 heteroatoms. The van der Waals surface area contributed by atoms with Crippen LogP contribution in [0.2, 0.25) is 0 Å². The molecular formula is C16H25NOS. The van der Waals surface area contributed by atoms with Gasteiger partial charge < -0.3 is 5.32 Å². The highest BCUT2D eigenvalue weighted by Gasteiger charge is 2.03. The number of thiol groups is 1. The summed E-state index contributed by atoms with van der Waals surface area (Å²) < 4.78 is 0. The fraction of sp³-hybridized carbons (Fsp3) is 0.562. The second-order valence-corrected chi connectivity index (χ2v) is 5.36. The number of hydrogen-bond acceptors (Lipinski definition) is 1. The van der Waals surface area contributed by atoms with Gasteiger partial charge in [-0.25, -0.2) is 0 Å². The molecule has 0 saturated heterocycles. The Balaban J connectivity index is 2.26. The van der Waals surface area contributed by atoms with E-state index in [1.165, 1.54) is 50.5 Å². The average molecular weight is 279 g/mol. The van der Waals surface area contributed by atoms with Crippen molar-refractivity contribution in [2.24, 2.45) is 0 Å². The molecule has 0 aliphatic rings. The smallest absolute Gasteiger partial charge is 0.280 e. The molecule has 2 nitrogen and oxygen atoms in total. The first-order valence-corrected chi connectivity index (χ1v) is 7.76. The molecule has 0 aliphatic carbocycles. The van der Waals surface area contributed by atoms with Crippen molar-refractivity contribution < 1.29 is 4.79 Å². The van der Waals surface area contributed by atoms with Gasteiger partial charge in [-0.05, 0) is 24.5 Å². The molecule has 1 rings (SSSR count). The Morgan fingerprint density at radius 2 is 1.68 bits per heavy atom. The lowest BCUT2D eigenvalue weighted by molar-refractivity contribution is 0.270. The van der Waals surface area contributed by atoms with Gasteiger partial charge in [0.25, 0.3) is 5.24 Å². The number of amides is 1. The topological polar surface area (TPSA) is 29.1 Å². The zero-order valence-corrected chi connectivity index (χ0v) is 12.7. The molecule has 0 unspecified atom stereocenters. The summed E-state index contributed by atoms with van der Waals surface area (Å²) in [6.07, 6.45) is 10.2. The lowest BCUT2D eigenvalue weighted by atomic mass is 10.0. The van der Waals surface area contributed by atoms with Crippen molar-refractivity contribution >= 4 is 23.6 Å². The highest BCUT2D eigenvalue weighted by atomic mass is 32.1. The fourth-order valence-corrected chi connectivity index (χ4v) is 2.37. The van der Waals surface area contributed by atoms with Crippen LogP contribution in [0, 0.1) is 0 Å². The van der Waals surface area contributed by atoms with Crippen LogP contribution in [0.4, 0.5) is 10.5 Å². The molecule has 0 fully saturated rings. The number of benzene rings is 1. The van der Waals surface area contributed by atoms with Crippen LogP contribution < -0.4 is 5.32 Å². The third kappa shape index (κ3) is 7.26. The quantitative estimate of drug-likeness (QED) is 0.457. The number of para-hydroxylation sites is 1. The van der Waals surface area contributed by atoms with Gasteiger partial charge in [-0.3, -0.25) is 4.79 Å². The zero-order valence-electron chi connectivity index (χ0n) is 11.8. The molecule has 0 aliphatic heterocycles. The van der Waals surface area contributed by atoms with E-state index in [0.29, 0.717) is 0 Å². The summed E-state index contributed by atoms with van der Waals surface area (Å²) >= 11 is 3.76. The van der Waals surface area contributed by atoms with E-state index in [-0.39, 0.29) is 5.24 Å². The van der Waals surface area contributed by atoms with Crippen LogP contribution in [0.1, 0.15) is 57.4 Å². The van der Waals surface area contributed by atoms with Crippen LogP contribution >= 0.6 is 12.6 Å². The number of carbonyl (C=O) groups is 1. The van der Waals surface area contributed by atoms with Gasteiger partial charge in [-0.1, -0.05) is 76.3 Å². The second-order valence-electron chi connectivity index (χ2n) is 4.96. The number of aryl methyl sites for hydroxylation is 1. The summed E-state index contributed by atoms with van der Waals surface area (Å²) in [5.74, 6) is 0. The third-order valence-corrected chi connectivity index (χ3v) is 3.42. The largest absolute Gasteiger partial charge is 0.317 e. The van der Waals surface area contributed by atoms with Crippen LogP contribution in [0.5, 0.6) is 0 Å². The molecule has 0 aromatic heterocycles. The first kappa shape index (κ1) is 16.1. The van der Waals surface area contributed by atoms with E-state index in [1.807, 2.05) is 18.2 Å². The minimum atomic E-state index is -0.299. The predicted octanol–water partition coefficient (Wildman–Crippen LogP) is 5.44. The van der Waals surface area contributed by atoms with Gasteiger partial charge in [0, 0.05) is 5.69 Å². The summed E-state index contributed by atoms with van der Waals surface area (Å²) in [7, 11) is 0. The van der Waals surface area contributed by atoms with Gasteiger partial charge in [0.05, 0.1) is 0 Å². The van der Waals surface area contributed by atoms with Crippen LogP contribution in [0.3, 0.4) is 0 Å². The number of rotatable bonds is 9. The maximum Gasteiger partial charge on any atom is 0.280 e. The predicted molar refractivity (Wildman–Crippen MR) is 86.1 cm³/mol. The summed E-state index contributed by atoms with van der Waals surface area (Å²) in [6, 6.07) is 7.97. The van der Waals surface area contributed by atoms with Crippen molar-refractivity contribution in [3.05, 3.63) is 29.8 Å². The Labute approximate surface area is 122 Å². The number of hydrogen-bond donors (Lipinski definition) is 2. The molecule has 0 bridgehead atoms. The van der Waals surface area contributed by atoms with E-state index >= 15 is 0 Å². The highest BCUT2D eigenvalue weighted by molar-refractivity contribution is 7.96. The number of anilines is 1. The number of nitrogens with one attached hydrogen (secondary N) is 1. The lowest BCUT2D eigenvalue weighted by Gasteiger charge is -2.09. The third-order valence-electron chi connectivity index (χ3n) is 3.31. The van der Waals surface area contributed by atoms with Gasteiger partial charge in [0.1, 0.15) is 0 Å². The molecule has 19 heavy (non-hydrogen) atoms. The number of unbranched alkanes of at least 4 members (excludes halogenated alkanes) is 6. The van der Waals surface area contributed by atoms with E-state index in [0.717, 1.165) is 12.1 Å². The number of carbonyl (C=O) groups excluding carboxylic acids is 1. The van der Waals surface area contributed by atoms with Crippen LogP contribution in [-0.2, 0) is 6.42 Å². The fourth-order valence-electron chi connectivity index (χ4n) is 2.25. The maximum atomic E-state index is 11.0. The van der Waals surface area contributed by atoms with E-state index in [4.69, 9.17) is 0 Å². The standard InChI is InChI=1S/C16H25NOS/c1-2-3-4-5-6-7-8-11-14-12-9-10-13-15(14)17-16(18)19/h9-10,12-13H,2-8,11H2,1H3,(H2,17,18,19). The second kappa shape index (κ2) is 9.90. The molecule has 1 aromatic rings. The Morgan fingerprint density at radius 3 is 2.37 bits per heavy atom. The van der Waals surface area contributed by atoms with Crippen LogP contribution in [-0.4, -0.2) is 5.24 Å². The van der Waals surface area contributed by atoms with Crippen molar-refractivity contribution in [2.75, 3.05) is 5.32 Å².